The Hall–Kier alpha value is -2.09. The third-order valence-corrected chi connectivity index (χ3v) is 4.72. The molecule has 1 unspecified atom stereocenters. The molecule has 1 atom stereocenters. The monoisotopic (exact) mass is 385 g/mol. The largest absolute Gasteiger partial charge is 0.406 e. The molecule has 2 rings (SSSR count). The van der Waals surface area contributed by atoms with Crippen molar-refractivity contribution in [1.82, 2.24) is 9.55 Å². The Balaban J connectivity index is 2.54. The zero-order chi connectivity index (χ0) is 20.8. The summed E-state index contributed by atoms with van der Waals surface area (Å²) < 4.78 is 40.3. The van der Waals surface area contributed by atoms with Gasteiger partial charge in [0.25, 0.3) is 0 Å². The Labute approximate surface area is 156 Å². The van der Waals surface area contributed by atoms with Crippen LogP contribution in [-0.2, 0) is 16.9 Å². The predicted octanol–water partition coefficient (Wildman–Crippen LogP) is 4.45. The maximum atomic E-state index is 13.1. The number of amides is 1. The molecule has 0 saturated heterocycles. The van der Waals surface area contributed by atoms with Crippen molar-refractivity contribution in [3.8, 4) is 0 Å². The first kappa shape index (κ1) is 21.2. The molecule has 1 aromatic heterocycles. The molecule has 0 aliphatic rings. The number of aromatic nitrogens is 2. The summed E-state index contributed by atoms with van der Waals surface area (Å²) in [4.78, 5) is 16.7. The van der Waals surface area contributed by atoms with E-state index in [1.807, 2.05) is 20.8 Å². The van der Waals surface area contributed by atoms with E-state index in [0.717, 1.165) is 4.57 Å². The van der Waals surface area contributed by atoms with Crippen LogP contribution in [0.2, 0.25) is 0 Å². The maximum absolute atomic E-state index is 13.1. The highest BCUT2D eigenvalue weighted by molar-refractivity contribution is 5.93. The van der Waals surface area contributed by atoms with Gasteiger partial charge in [-0.25, -0.2) is 4.98 Å². The molecule has 150 valence electrons. The minimum absolute atomic E-state index is 0.156. The fraction of sp³-hybridized carbons (Fsp3) is 0.579. The number of anilines is 1. The van der Waals surface area contributed by atoms with E-state index >= 15 is 0 Å². The second kappa shape index (κ2) is 6.82. The van der Waals surface area contributed by atoms with Crippen LogP contribution >= 0.6 is 0 Å². The third-order valence-electron chi connectivity index (χ3n) is 4.72. The van der Waals surface area contributed by atoms with Gasteiger partial charge in [-0.1, -0.05) is 33.8 Å². The van der Waals surface area contributed by atoms with Gasteiger partial charge in [0, 0.05) is 5.92 Å². The molecular formula is C19H26F3N3O2. The van der Waals surface area contributed by atoms with Gasteiger partial charge in [-0.05, 0) is 37.0 Å². The number of rotatable bonds is 4. The number of imidazole rings is 1. The Morgan fingerprint density at radius 2 is 1.81 bits per heavy atom. The van der Waals surface area contributed by atoms with Crippen LogP contribution in [0.3, 0.4) is 0 Å². The highest BCUT2D eigenvalue weighted by Gasteiger charge is 2.33. The first-order chi connectivity index (χ1) is 12.1. The summed E-state index contributed by atoms with van der Waals surface area (Å²) >= 11 is 0. The number of carbonyl (C=O) groups excluding carboxylic acids is 1. The van der Waals surface area contributed by atoms with E-state index in [0.29, 0.717) is 11.1 Å². The van der Waals surface area contributed by atoms with Crippen LogP contribution in [-0.4, -0.2) is 26.7 Å². The second-order valence-corrected chi connectivity index (χ2v) is 8.48. The summed E-state index contributed by atoms with van der Waals surface area (Å²) in [6, 6.07) is 4.62. The first-order valence-electron chi connectivity index (χ1n) is 8.70. The van der Waals surface area contributed by atoms with E-state index in [-0.39, 0.29) is 16.9 Å². The number of hydrogen-bond donors (Lipinski definition) is 2. The van der Waals surface area contributed by atoms with Gasteiger partial charge in [0.2, 0.25) is 11.9 Å². The van der Waals surface area contributed by atoms with Gasteiger partial charge in [-0.2, -0.15) is 13.2 Å². The van der Waals surface area contributed by atoms with E-state index in [2.05, 4.69) is 10.3 Å². The number of benzene rings is 1. The van der Waals surface area contributed by atoms with Crippen LogP contribution in [0.1, 0.15) is 47.1 Å². The average molecular weight is 385 g/mol. The summed E-state index contributed by atoms with van der Waals surface area (Å²) in [5, 5.41) is 12.7. The number of alkyl halides is 3. The molecule has 1 aromatic carbocycles. The van der Waals surface area contributed by atoms with Gasteiger partial charge in [0.05, 0.1) is 16.6 Å². The summed E-state index contributed by atoms with van der Waals surface area (Å²) in [5.74, 6) is -0.983. The molecule has 0 aliphatic heterocycles. The van der Waals surface area contributed by atoms with E-state index in [1.54, 1.807) is 32.9 Å². The van der Waals surface area contributed by atoms with E-state index in [1.165, 1.54) is 6.07 Å². The van der Waals surface area contributed by atoms with Crippen LogP contribution in [0, 0.1) is 11.3 Å². The molecule has 27 heavy (non-hydrogen) atoms. The molecule has 0 saturated carbocycles. The lowest BCUT2D eigenvalue weighted by atomic mass is 9.81. The van der Waals surface area contributed by atoms with Gasteiger partial charge >= 0.3 is 6.18 Å². The summed E-state index contributed by atoms with van der Waals surface area (Å²) in [6.45, 7) is 9.16. The lowest BCUT2D eigenvalue weighted by molar-refractivity contribution is -0.139. The minimum atomic E-state index is -4.49. The predicted molar refractivity (Wildman–Crippen MR) is 98.3 cm³/mol. The fourth-order valence-corrected chi connectivity index (χ4v) is 2.55. The van der Waals surface area contributed by atoms with Crippen LogP contribution in [0.5, 0.6) is 0 Å². The van der Waals surface area contributed by atoms with Gasteiger partial charge in [-0.15, -0.1) is 0 Å². The number of fused-ring (bicyclic) bond motifs is 1. The van der Waals surface area contributed by atoms with E-state index < -0.39 is 30.1 Å². The smallest absolute Gasteiger partial charge is 0.386 e. The van der Waals surface area contributed by atoms with Gasteiger partial charge in [0.1, 0.15) is 6.54 Å². The molecule has 1 heterocycles. The van der Waals surface area contributed by atoms with Crippen molar-refractivity contribution < 1.29 is 23.1 Å². The molecule has 2 aromatic rings. The number of carbonyl (C=O) groups is 1. The second-order valence-electron chi connectivity index (χ2n) is 8.48. The van der Waals surface area contributed by atoms with E-state index in [9.17, 15) is 23.1 Å². The van der Waals surface area contributed by atoms with Crippen LogP contribution in [0.25, 0.3) is 11.0 Å². The minimum Gasteiger partial charge on any atom is -0.386 e. The number of halogens is 3. The van der Waals surface area contributed by atoms with Gasteiger partial charge in [0.15, 0.2) is 0 Å². The van der Waals surface area contributed by atoms with Crippen molar-refractivity contribution >= 4 is 22.9 Å². The molecule has 0 radical (unpaired) electrons. The standard InChI is InChI=1S/C19H26F3N3O2/c1-11(17(2,3)4)15(26)24-16-23-13-8-7-12(18(5,6)27)9-14(13)25(16)10-19(20,21)22/h7-9,11,27H,10H2,1-6H3,(H,23,24,26). The number of nitrogens with zero attached hydrogens (tertiary/aromatic N) is 2. The van der Waals surface area contributed by atoms with Crippen LogP contribution < -0.4 is 5.32 Å². The van der Waals surface area contributed by atoms with Crippen molar-refractivity contribution in [2.24, 2.45) is 11.3 Å². The van der Waals surface area contributed by atoms with Crippen molar-refractivity contribution in [2.45, 2.75) is 59.9 Å². The lowest BCUT2D eigenvalue weighted by Crippen LogP contribution is -2.32. The van der Waals surface area contributed by atoms with E-state index in [4.69, 9.17) is 0 Å². The molecule has 0 fully saturated rings. The average Bonchev–Trinajstić information content (AvgIpc) is 2.79. The molecule has 0 spiro atoms. The molecule has 1 amide bonds. The van der Waals surface area contributed by atoms with Crippen molar-refractivity contribution in [2.75, 3.05) is 5.32 Å². The molecule has 0 bridgehead atoms. The summed E-state index contributed by atoms with van der Waals surface area (Å²) in [6.07, 6.45) is -4.49. The highest BCUT2D eigenvalue weighted by atomic mass is 19.4. The molecule has 5 nitrogen and oxygen atoms in total. The number of hydrogen-bond acceptors (Lipinski definition) is 3. The molecule has 8 heteroatoms. The fourth-order valence-electron chi connectivity index (χ4n) is 2.55. The van der Waals surface area contributed by atoms with Crippen molar-refractivity contribution in [3.05, 3.63) is 23.8 Å². The Bertz CT molecular complexity index is 843. The SMILES string of the molecule is CC(C(=O)Nc1nc2ccc(C(C)(C)O)cc2n1CC(F)(F)F)C(C)(C)C. The quantitative estimate of drug-likeness (QED) is 0.817. The van der Waals surface area contributed by atoms with Crippen LogP contribution in [0.15, 0.2) is 18.2 Å². The zero-order valence-corrected chi connectivity index (χ0v) is 16.4. The zero-order valence-electron chi connectivity index (χ0n) is 16.4. The Morgan fingerprint density at radius 3 is 2.30 bits per heavy atom. The topological polar surface area (TPSA) is 67.2 Å². The normalized spacial score (nSPS) is 14.4. The van der Waals surface area contributed by atoms with Crippen LogP contribution in [0.4, 0.5) is 19.1 Å². The Kier molecular flexibility index (Phi) is 5.35. The van der Waals surface area contributed by atoms with Crippen molar-refractivity contribution in [1.29, 1.82) is 0 Å². The van der Waals surface area contributed by atoms with Gasteiger partial charge < -0.3 is 9.67 Å². The third kappa shape index (κ3) is 5.00. The summed E-state index contributed by atoms with van der Waals surface area (Å²) in [7, 11) is 0. The number of aliphatic hydroxyl groups is 1. The van der Waals surface area contributed by atoms with Crippen molar-refractivity contribution in [3.63, 3.8) is 0 Å². The summed E-state index contributed by atoms with van der Waals surface area (Å²) in [5.41, 5.74) is -0.596. The lowest BCUT2D eigenvalue weighted by Gasteiger charge is -2.26. The highest BCUT2D eigenvalue weighted by Crippen LogP contribution is 2.31. The molecule has 2 N–H and O–H groups in total. The Morgan fingerprint density at radius 1 is 1.22 bits per heavy atom. The van der Waals surface area contributed by atoms with Gasteiger partial charge in [-0.3, -0.25) is 10.1 Å². The number of nitrogens with one attached hydrogen (secondary N) is 1. The molecular weight excluding hydrogens is 359 g/mol. The maximum Gasteiger partial charge on any atom is 0.406 e. The first-order valence-corrected chi connectivity index (χ1v) is 8.70. The molecule has 0 aliphatic carbocycles.